The fourth-order valence-corrected chi connectivity index (χ4v) is 2.31. The fourth-order valence-electron chi connectivity index (χ4n) is 1.57. The molecule has 1 N–H and O–H groups in total. The minimum Gasteiger partial charge on any atom is -0.465 e. The van der Waals surface area contributed by atoms with E-state index in [2.05, 4.69) is 15.0 Å². The van der Waals surface area contributed by atoms with E-state index in [1.165, 1.54) is 19.2 Å². The number of esters is 1. The second kappa shape index (κ2) is 5.79. The molecule has 2 rings (SSSR count). The first-order chi connectivity index (χ1) is 9.10. The lowest BCUT2D eigenvalue weighted by atomic mass is 10.2. The zero-order valence-electron chi connectivity index (χ0n) is 10.6. The van der Waals surface area contributed by atoms with E-state index < -0.39 is 11.8 Å². The number of rotatable bonds is 4. The minimum absolute atomic E-state index is 0.194. The van der Waals surface area contributed by atoms with Crippen LogP contribution in [0.2, 0.25) is 0 Å². The van der Waals surface area contributed by atoms with Crippen molar-refractivity contribution in [1.82, 2.24) is 4.98 Å². The summed E-state index contributed by atoms with van der Waals surface area (Å²) in [6.45, 7) is 2.42. The Labute approximate surface area is 114 Å². The molecule has 0 aliphatic heterocycles. The average molecular weight is 280 g/mol. The summed E-state index contributed by atoms with van der Waals surface area (Å²) in [5.74, 6) is -1.03. The number of thiazole rings is 1. The largest absolute Gasteiger partial charge is 0.465 e. The van der Waals surface area contributed by atoms with Crippen LogP contribution in [0, 0.1) is 12.7 Å². The van der Waals surface area contributed by atoms with Gasteiger partial charge in [-0.1, -0.05) is 0 Å². The van der Waals surface area contributed by atoms with E-state index >= 15 is 0 Å². The third-order valence-electron chi connectivity index (χ3n) is 2.51. The number of anilines is 1. The maximum Gasteiger partial charge on any atom is 0.337 e. The number of nitrogens with zero attached hydrogens (tertiary/aromatic N) is 1. The summed E-state index contributed by atoms with van der Waals surface area (Å²) in [6, 6.07) is 4.21. The molecule has 0 spiro atoms. The van der Waals surface area contributed by atoms with Crippen LogP contribution in [0.25, 0.3) is 0 Å². The summed E-state index contributed by atoms with van der Waals surface area (Å²) in [4.78, 5) is 16.4. The summed E-state index contributed by atoms with van der Waals surface area (Å²) in [5, 5.41) is 3.94. The second-order valence-corrected chi connectivity index (χ2v) is 5.20. The highest BCUT2D eigenvalue weighted by Gasteiger charge is 2.09. The van der Waals surface area contributed by atoms with E-state index in [-0.39, 0.29) is 5.56 Å². The van der Waals surface area contributed by atoms with Crippen LogP contribution in [-0.2, 0) is 11.3 Å². The third kappa shape index (κ3) is 3.29. The number of aromatic nitrogens is 1. The standard InChI is InChI=1S/C13H13FN2O2S/c1-8-15-6-10(19-8)7-16-12-4-3-9(5-11(12)14)13(17)18-2/h3-6,16H,7H2,1-2H3. The van der Waals surface area contributed by atoms with Gasteiger partial charge in [0.05, 0.1) is 29.9 Å². The van der Waals surface area contributed by atoms with Crippen molar-refractivity contribution in [1.29, 1.82) is 0 Å². The predicted molar refractivity (Wildman–Crippen MR) is 71.9 cm³/mol. The fraction of sp³-hybridized carbons (Fsp3) is 0.231. The van der Waals surface area contributed by atoms with Gasteiger partial charge < -0.3 is 10.1 Å². The van der Waals surface area contributed by atoms with Gasteiger partial charge in [-0.15, -0.1) is 11.3 Å². The van der Waals surface area contributed by atoms with Crippen molar-refractivity contribution < 1.29 is 13.9 Å². The Hall–Kier alpha value is -1.95. The number of halogens is 1. The Morgan fingerprint density at radius 1 is 1.53 bits per heavy atom. The molecule has 0 aliphatic carbocycles. The van der Waals surface area contributed by atoms with Gasteiger partial charge in [-0.3, -0.25) is 0 Å². The summed E-state index contributed by atoms with van der Waals surface area (Å²) in [6.07, 6.45) is 1.76. The molecule has 1 aromatic carbocycles. The number of ether oxygens (including phenoxy) is 1. The van der Waals surface area contributed by atoms with Crippen LogP contribution in [0.1, 0.15) is 20.2 Å². The van der Waals surface area contributed by atoms with Crippen molar-refractivity contribution in [2.45, 2.75) is 13.5 Å². The summed E-state index contributed by atoms with van der Waals surface area (Å²) < 4.78 is 18.3. The molecule has 100 valence electrons. The Bertz CT molecular complexity index is 598. The van der Waals surface area contributed by atoms with Crippen LogP contribution in [0.15, 0.2) is 24.4 Å². The molecule has 0 saturated carbocycles. The van der Waals surface area contributed by atoms with E-state index in [0.717, 1.165) is 16.0 Å². The summed E-state index contributed by atoms with van der Waals surface area (Å²) in [7, 11) is 1.26. The van der Waals surface area contributed by atoms with Crippen LogP contribution in [0.5, 0.6) is 0 Å². The first-order valence-corrected chi connectivity index (χ1v) is 6.45. The molecule has 0 radical (unpaired) electrons. The zero-order valence-corrected chi connectivity index (χ0v) is 11.4. The summed E-state index contributed by atoms with van der Waals surface area (Å²) >= 11 is 1.55. The normalized spacial score (nSPS) is 10.3. The van der Waals surface area contributed by atoms with Gasteiger partial charge in [0.2, 0.25) is 0 Å². The first-order valence-electron chi connectivity index (χ1n) is 5.63. The molecule has 0 amide bonds. The average Bonchev–Trinajstić information content (AvgIpc) is 2.82. The van der Waals surface area contributed by atoms with E-state index in [9.17, 15) is 9.18 Å². The SMILES string of the molecule is COC(=O)c1ccc(NCc2cnc(C)s2)c(F)c1. The Kier molecular flexibility index (Phi) is 4.11. The van der Waals surface area contributed by atoms with Gasteiger partial charge in [-0.2, -0.15) is 0 Å². The van der Waals surface area contributed by atoms with Crippen molar-refractivity contribution >= 4 is 23.0 Å². The number of aryl methyl sites for hydroxylation is 1. The molecule has 19 heavy (non-hydrogen) atoms. The number of carbonyl (C=O) groups is 1. The number of hydrogen-bond donors (Lipinski definition) is 1. The molecular formula is C13H13FN2O2S. The number of carbonyl (C=O) groups excluding carboxylic acids is 1. The number of nitrogens with one attached hydrogen (secondary N) is 1. The lowest BCUT2D eigenvalue weighted by Crippen LogP contribution is -2.04. The molecule has 0 bridgehead atoms. The molecule has 0 aliphatic rings. The molecule has 0 saturated heterocycles. The van der Waals surface area contributed by atoms with E-state index in [1.807, 2.05) is 6.92 Å². The highest BCUT2D eigenvalue weighted by Crippen LogP contribution is 2.19. The third-order valence-corrected chi connectivity index (χ3v) is 3.43. The first kappa shape index (κ1) is 13.5. The highest BCUT2D eigenvalue weighted by molar-refractivity contribution is 7.11. The molecule has 6 heteroatoms. The Morgan fingerprint density at radius 3 is 2.89 bits per heavy atom. The molecule has 2 aromatic rings. The predicted octanol–water partition coefficient (Wildman–Crippen LogP) is 2.99. The van der Waals surface area contributed by atoms with Crippen LogP contribution in [0.3, 0.4) is 0 Å². The van der Waals surface area contributed by atoms with Gasteiger partial charge in [-0.05, 0) is 25.1 Å². The van der Waals surface area contributed by atoms with Crippen molar-refractivity contribution in [2.75, 3.05) is 12.4 Å². The topological polar surface area (TPSA) is 51.2 Å². The van der Waals surface area contributed by atoms with Crippen LogP contribution < -0.4 is 5.32 Å². The van der Waals surface area contributed by atoms with Crippen molar-refractivity contribution in [2.24, 2.45) is 0 Å². The van der Waals surface area contributed by atoms with Gasteiger partial charge in [-0.25, -0.2) is 14.2 Å². The quantitative estimate of drug-likeness (QED) is 0.875. The monoisotopic (exact) mass is 280 g/mol. The van der Waals surface area contributed by atoms with Crippen molar-refractivity contribution in [3.05, 3.63) is 45.7 Å². The van der Waals surface area contributed by atoms with Gasteiger partial charge >= 0.3 is 5.97 Å². The minimum atomic E-state index is -0.552. The zero-order chi connectivity index (χ0) is 13.8. The van der Waals surface area contributed by atoms with Crippen LogP contribution in [0.4, 0.5) is 10.1 Å². The van der Waals surface area contributed by atoms with Gasteiger partial charge in [0.1, 0.15) is 5.82 Å². The summed E-state index contributed by atoms with van der Waals surface area (Å²) in [5.41, 5.74) is 0.540. The molecular weight excluding hydrogens is 267 g/mol. The lowest BCUT2D eigenvalue weighted by Gasteiger charge is -2.07. The van der Waals surface area contributed by atoms with Gasteiger partial charge in [0.15, 0.2) is 0 Å². The molecule has 0 fully saturated rings. The van der Waals surface area contributed by atoms with Crippen LogP contribution in [-0.4, -0.2) is 18.1 Å². The maximum absolute atomic E-state index is 13.8. The van der Waals surface area contributed by atoms with E-state index in [4.69, 9.17) is 0 Å². The van der Waals surface area contributed by atoms with Crippen molar-refractivity contribution in [3.8, 4) is 0 Å². The van der Waals surface area contributed by atoms with Crippen LogP contribution >= 0.6 is 11.3 Å². The molecule has 1 aromatic heterocycles. The molecule has 0 atom stereocenters. The molecule has 1 heterocycles. The Balaban J connectivity index is 2.07. The van der Waals surface area contributed by atoms with Gasteiger partial charge in [0, 0.05) is 11.1 Å². The van der Waals surface area contributed by atoms with E-state index in [0.29, 0.717) is 12.2 Å². The van der Waals surface area contributed by atoms with Gasteiger partial charge in [0.25, 0.3) is 0 Å². The Morgan fingerprint density at radius 2 is 2.32 bits per heavy atom. The second-order valence-electron chi connectivity index (χ2n) is 3.89. The van der Waals surface area contributed by atoms with E-state index in [1.54, 1.807) is 17.5 Å². The number of hydrogen-bond acceptors (Lipinski definition) is 5. The lowest BCUT2D eigenvalue weighted by molar-refractivity contribution is 0.0600. The maximum atomic E-state index is 13.8. The van der Waals surface area contributed by atoms with Crippen molar-refractivity contribution in [3.63, 3.8) is 0 Å². The number of benzene rings is 1. The molecule has 0 unspecified atom stereocenters. The smallest absolute Gasteiger partial charge is 0.337 e. The molecule has 4 nitrogen and oxygen atoms in total. The highest BCUT2D eigenvalue weighted by atomic mass is 32.1. The number of methoxy groups -OCH3 is 1.